The maximum atomic E-state index is 13.5. The van der Waals surface area contributed by atoms with Crippen molar-refractivity contribution in [1.29, 1.82) is 0 Å². The summed E-state index contributed by atoms with van der Waals surface area (Å²) in [5.74, 6) is -0.906. The molecule has 0 fully saturated rings. The van der Waals surface area contributed by atoms with Gasteiger partial charge in [0.15, 0.2) is 0 Å². The van der Waals surface area contributed by atoms with Crippen LogP contribution in [-0.4, -0.2) is 6.61 Å². The van der Waals surface area contributed by atoms with Crippen LogP contribution in [0.3, 0.4) is 0 Å². The third kappa shape index (κ3) is 2.91. The highest BCUT2D eigenvalue weighted by Crippen LogP contribution is 2.32. The highest BCUT2D eigenvalue weighted by atomic mass is 79.9. The van der Waals surface area contributed by atoms with Crippen molar-refractivity contribution < 1.29 is 13.5 Å². The van der Waals surface area contributed by atoms with E-state index in [1.807, 2.05) is 6.92 Å². The average Bonchev–Trinajstić information content (AvgIpc) is 2.16. The topological polar surface area (TPSA) is 9.23 Å². The van der Waals surface area contributed by atoms with Gasteiger partial charge < -0.3 is 4.74 Å². The van der Waals surface area contributed by atoms with Gasteiger partial charge in [-0.25, -0.2) is 8.78 Å². The van der Waals surface area contributed by atoms with Crippen LogP contribution in [0.25, 0.3) is 0 Å². The molecule has 0 aliphatic rings. The van der Waals surface area contributed by atoms with Gasteiger partial charge in [0, 0.05) is 22.5 Å². The maximum Gasteiger partial charge on any atom is 0.134 e. The van der Waals surface area contributed by atoms with E-state index in [1.54, 1.807) is 6.92 Å². The van der Waals surface area contributed by atoms with Gasteiger partial charge in [-0.15, -0.1) is 0 Å². The number of alkyl halides is 1. The second kappa shape index (κ2) is 5.45. The van der Waals surface area contributed by atoms with Crippen LogP contribution in [-0.2, 0) is 0 Å². The first kappa shape index (κ1) is 12.4. The molecule has 4 heteroatoms. The van der Waals surface area contributed by atoms with Crippen LogP contribution in [0.5, 0.6) is 5.75 Å². The van der Waals surface area contributed by atoms with E-state index in [0.29, 0.717) is 13.0 Å². The predicted molar refractivity (Wildman–Crippen MR) is 59.5 cm³/mol. The van der Waals surface area contributed by atoms with Gasteiger partial charge in [-0.05, 0) is 13.3 Å². The molecule has 15 heavy (non-hydrogen) atoms. The normalized spacial score (nSPS) is 12.6. The molecule has 0 heterocycles. The minimum absolute atomic E-state index is 0.0703. The van der Waals surface area contributed by atoms with E-state index in [2.05, 4.69) is 15.9 Å². The first-order valence-electron chi connectivity index (χ1n) is 4.85. The number of halogens is 3. The molecular weight excluding hydrogens is 266 g/mol. The molecule has 0 aliphatic carbocycles. The summed E-state index contributed by atoms with van der Waals surface area (Å²) in [4.78, 5) is -0.298. The summed E-state index contributed by atoms with van der Waals surface area (Å²) in [5, 5.41) is 0. The van der Waals surface area contributed by atoms with Crippen molar-refractivity contribution in [2.75, 3.05) is 6.61 Å². The first-order valence-corrected chi connectivity index (χ1v) is 5.77. The van der Waals surface area contributed by atoms with Crippen LogP contribution in [0.2, 0.25) is 0 Å². The van der Waals surface area contributed by atoms with Crippen molar-refractivity contribution in [2.45, 2.75) is 25.1 Å². The SMILES string of the molecule is CCOc1cc(F)c(C(Br)CC)c(F)c1. The molecule has 0 saturated heterocycles. The van der Waals surface area contributed by atoms with Crippen LogP contribution < -0.4 is 4.74 Å². The molecule has 1 unspecified atom stereocenters. The van der Waals surface area contributed by atoms with Crippen LogP contribution in [0.1, 0.15) is 30.7 Å². The Morgan fingerprint density at radius 2 is 1.80 bits per heavy atom. The molecule has 1 nitrogen and oxygen atoms in total. The van der Waals surface area contributed by atoms with Crippen molar-refractivity contribution in [3.8, 4) is 5.75 Å². The van der Waals surface area contributed by atoms with Crippen LogP contribution >= 0.6 is 15.9 Å². The van der Waals surface area contributed by atoms with Gasteiger partial charge in [0.05, 0.1) is 6.61 Å². The van der Waals surface area contributed by atoms with Crippen molar-refractivity contribution in [1.82, 2.24) is 0 Å². The smallest absolute Gasteiger partial charge is 0.134 e. The Balaban J connectivity index is 3.09. The Kier molecular flexibility index (Phi) is 4.51. The van der Waals surface area contributed by atoms with E-state index in [4.69, 9.17) is 4.74 Å². The van der Waals surface area contributed by atoms with E-state index < -0.39 is 11.6 Å². The largest absolute Gasteiger partial charge is 0.494 e. The summed E-state index contributed by atoms with van der Waals surface area (Å²) >= 11 is 3.23. The fourth-order valence-electron chi connectivity index (χ4n) is 1.31. The Hall–Kier alpha value is -0.640. The second-order valence-corrected chi connectivity index (χ2v) is 4.21. The molecule has 0 saturated carbocycles. The molecule has 1 aromatic carbocycles. The maximum absolute atomic E-state index is 13.5. The standard InChI is InChI=1S/C11H13BrF2O/c1-3-8(12)11-9(13)5-7(15-4-2)6-10(11)14/h5-6,8H,3-4H2,1-2H3. The quantitative estimate of drug-likeness (QED) is 0.750. The fourth-order valence-corrected chi connectivity index (χ4v) is 1.75. The molecule has 0 N–H and O–H groups in total. The zero-order chi connectivity index (χ0) is 11.4. The van der Waals surface area contributed by atoms with E-state index in [-0.39, 0.29) is 16.1 Å². The van der Waals surface area contributed by atoms with E-state index in [9.17, 15) is 8.78 Å². The Morgan fingerprint density at radius 3 is 2.20 bits per heavy atom. The van der Waals surface area contributed by atoms with Gasteiger partial charge in [0.1, 0.15) is 17.4 Å². The third-order valence-electron chi connectivity index (χ3n) is 2.04. The minimum atomic E-state index is -0.567. The van der Waals surface area contributed by atoms with Crippen LogP contribution in [0, 0.1) is 11.6 Å². The number of benzene rings is 1. The molecular formula is C11H13BrF2O. The first-order chi connectivity index (χ1) is 7.10. The molecule has 0 spiro atoms. The second-order valence-electron chi connectivity index (χ2n) is 3.11. The summed E-state index contributed by atoms with van der Waals surface area (Å²) in [6, 6.07) is 2.43. The Morgan fingerprint density at radius 1 is 1.27 bits per heavy atom. The van der Waals surface area contributed by atoms with Crippen LogP contribution in [0.4, 0.5) is 8.78 Å². The number of ether oxygens (including phenoxy) is 1. The summed E-state index contributed by atoms with van der Waals surface area (Å²) in [7, 11) is 0. The highest BCUT2D eigenvalue weighted by Gasteiger charge is 2.17. The van der Waals surface area contributed by atoms with Gasteiger partial charge in [-0.3, -0.25) is 0 Å². The lowest BCUT2D eigenvalue weighted by molar-refractivity contribution is 0.335. The minimum Gasteiger partial charge on any atom is -0.494 e. The highest BCUT2D eigenvalue weighted by molar-refractivity contribution is 9.09. The lowest BCUT2D eigenvalue weighted by atomic mass is 10.1. The molecule has 84 valence electrons. The van der Waals surface area contributed by atoms with Crippen LogP contribution in [0.15, 0.2) is 12.1 Å². The van der Waals surface area contributed by atoms with Gasteiger partial charge in [0.2, 0.25) is 0 Å². The molecule has 1 atom stereocenters. The summed E-state index contributed by atoms with van der Waals surface area (Å²) in [6.45, 7) is 4.02. The van der Waals surface area contributed by atoms with Gasteiger partial charge in [0.25, 0.3) is 0 Å². The van der Waals surface area contributed by atoms with Crippen molar-refractivity contribution in [3.05, 3.63) is 29.3 Å². The molecule has 0 aliphatic heterocycles. The average molecular weight is 279 g/mol. The zero-order valence-electron chi connectivity index (χ0n) is 8.69. The monoisotopic (exact) mass is 278 g/mol. The lowest BCUT2D eigenvalue weighted by Crippen LogP contribution is -2.00. The lowest BCUT2D eigenvalue weighted by Gasteiger charge is -2.12. The summed E-state index contributed by atoms with van der Waals surface area (Å²) < 4.78 is 32.1. The zero-order valence-corrected chi connectivity index (χ0v) is 10.3. The number of hydrogen-bond acceptors (Lipinski definition) is 1. The molecule has 1 aromatic rings. The molecule has 0 radical (unpaired) electrons. The fraction of sp³-hybridized carbons (Fsp3) is 0.455. The van der Waals surface area contributed by atoms with Crippen molar-refractivity contribution in [2.24, 2.45) is 0 Å². The number of rotatable bonds is 4. The van der Waals surface area contributed by atoms with Gasteiger partial charge in [-0.2, -0.15) is 0 Å². The Labute approximate surface area is 96.6 Å². The van der Waals surface area contributed by atoms with E-state index in [0.717, 1.165) is 0 Å². The number of hydrogen-bond donors (Lipinski definition) is 0. The van der Waals surface area contributed by atoms with E-state index >= 15 is 0 Å². The van der Waals surface area contributed by atoms with Crippen molar-refractivity contribution in [3.63, 3.8) is 0 Å². The predicted octanol–water partition coefficient (Wildman–Crippen LogP) is 4.21. The summed E-state index contributed by atoms with van der Waals surface area (Å²) in [5.41, 5.74) is 0.0703. The Bertz CT molecular complexity index is 318. The van der Waals surface area contributed by atoms with Gasteiger partial charge in [-0.1, -0.05) is 22.9 Å². The molecule has 0 bridgehead atoms. The molecule has 0 amide bonds. The molecule has 0 aromatic heterocycles. The third-order valence-corrected chi connectivity index (χ3v) is 3.14. The van der Waals surface area contributed by atoms with E-state index in [1.165, 1.54) is 12.1 Å². The van der Waals surface area contributed by atoms with Gasteiger partial charge >= 0.3 is 0 Å². The molecule has 1 rings (SSSR count). The van der Waals surface area contributed by atoms with Crippen molar-refractivity contribution >= 4 is 15.9 Å². The summed E-state index contributed by atoms with van der Waals surface area (Å²) in [6.07, 6.45) is 0.627.